The number of fused-ring (bicyclic) bond motifs is 2. The number of nitrogens with zero attached hydrogens (tertiary/aromatic N) is 4. The summed E-state index contributed by atoms with van der Waals surface area (Å²) in [4.78, 5) is 15.2. The minimum Gasteiger partial charge on any atom is -0.490 e. The van der Waals surface area contributed by atoms with E-state index in [1.54, 1.807) is 37.4 Å². The lowest BCUT2D eigenvalue weighted by atomic mass is 10.1. The van der Waals surface area contributed by atoms with E-state index >= 15 is 0 Å². The van der Waals surface area contributed by atoms with Crippen LogP contribution in [0.15, 0.2) is 59.6 Å². The van der Waals surface area contributed by atoms with Crippen molar-refractivity contribution >= 4 is 44.3 Å². The van der Waals surface area contributed by atoms with Crippen LogP contribution in [0.2, 0.25) is 5.02 Å². The number of anilines is 2. The Balaban J connectivity index is 1.48. The SMILES string of the molecule is Cc1c(Cl)cccc1S(=O)(=O)Nc1nc2cccnc2nc1OCc1ccc2c(c1)OCCN2C. The number of benzene rings is 2. The molecule has 35 heavy (non-hydrogen) atoms. The third-order valence-electron chi connectivity index (χ3n) is 5.64. The Kier molecular flexibility index (Phi) is 6.08. The molecule has 0 aliphatic carbocycles. The van der Waals surface area contributed by atoms with Gasteiger partial charge in [-0.25, -0.2) is 18.4 Å². The molecule has 0 saturated carbocycles. The van der Waals surface area contributed by atoms with Gasteiger partial charge in [0.1, 0.15) is 24.5 Å². The van der Waals surface area contributed by atoms with E-state index in [4.69, 9.17) is 21.1 Å². The molecule has 2 aromatic carbocycles. The van der Waals surface area contributed by atoms with Gasteiger partial charge in [0, 0.05) is 18.3 Å². The molecule has 11 heteroatoms. The van der Waals surface area contributed by atoms with Crippen LogP contribution in [0.1, 0.15) is 11.1 Å². The summed E-state index contributed by atoms with van der Waals surface area (Å²) in [5.74, 6) is 0.734. The van der Waals surface area contributed by atoms with Gasteiger partial charge >= 0.3 is 0 Å². The first kappa shape index (κ1) is 23.1. The summed E-state index contributed by atoms with van der Waals surface area (Å²) in [6.45, 7) is 3.18. The van der Waals surface area contributed by atoms with Crippen molar-refractivity contribution in [2.45, 2.75) is 18.4 Å². The Labute approximate surface area is 207 Å². The van der Waals surface area contributed by atoms with E-state index in [-0.39, 0.29) is 23.2 Å². The second kappa shape index (κ2) is 9.20. The van der Waals surface area contributed by atoms with Crippen LogP contribution in [-0.4, -0.2) is 43.6 Å². The van der Waals surface area contributed by atoms with E-state index in [9.17, 15) is 8.42 Å². The number of aromatic nitrogens is 3. The van der Waals surface area contributed by atoms with Crippen molar-refractivity contribution in [1.29, 1.82) is 0 Å². The lowest BCUT2D eigenvalue weighted by Crippen LogP contribution is -2.28. The summed E-state index contributed by atoms with van der Waals surface area (Å²) in [6.07, 6.45) is 1.58. The van der Waals surface area contributed by atoms with Gasteiger partial charge in [0.05, 0.1) is 17.1 Å². The van der Waals surface area contributed by atoms with Crippen LogP contribution in [0, 0.1) is 6.92 Å². The lowest BCUT2D eigenvalue weighted by Gasteiger charge is -2.28. The highest BCUT2D eigenvalue weighted by molar-refractivity contribution is 7.92. The molecule has 180 valence electrons. The van der Waals surface area contributed by atoms with Crippen LogP contribution in [0.5, 0.6) is 11.6 Å². The largest absolute Gasteiger partial charge is 0.490 e. The molecule has 0 fully saturated rings. The smallest absolute Gasteiger partial charge is 0.263 e. The number of likely N-dealkylation sites (N-methyl/N-ethyl adjacent to an activating group) is 1. The predicted octanol–water partition coefficient (Wildman–Crippen LogP) is 4.20. The van der Waals surface area contributed by atoms with Crippen LogP contribution in [0.4, 0.5) is 11.5 Å². The Morgan fingerprint density at radius 1 is 1.17 bits per heavy atom. The Morgan fingerprint density at radius 2 is 2.03 bits per heavy atom. The molecule has 0 bridgehead atoms. The van der Waals surface area contributed by atoms with Crippen molar-refractivity contribution in [3.63, 3.8) is 0 Å². The highest BCUT2D eigenvalue weighted by atomic mass is 35.5. The quantitative estimate of drug-likeness (QED) is 0.410. The molecule has 1 aliphatic rings. The molecule has 4 aromatic rings. The van der Waals surface area contributed by atoms with E-state index in [1.165, 1.54) is 6.07 Å². The van der Waals surface area contributed by atoms with E-state index in [2.05, 4.69) is 24.6 Å². The highest BCUT2D eigenvalue weighted by Gasteiger charge is 2.23. The predicted molar refractivity (Wildman–Crippen MR) is 134 cm³/mol. The standard InChI is InChI=1S/C24H22ClN5O4S/c1-15-17(25)5-3-7-21(15)35(31,32)29-23-24(28-22-18(27-23)6-4-10-26-22)34-14-16-8-9-19-20(13-16)33-12-11-30(19)2/h3-10,13H,11-12,14H2,1-2H3,(H,27,29). The second-order valence-electron chi connectivity index (χ2n) is 8.05. The van der Waals surface area contributed by atoms with Gasteiger partial charge in [-0.05, 0) is 54.4 Å². The van der Waals surface area contributed by atoms with Crippen LogP contribution >= 0.6 is 11.6 Å². The Hall–Kier alpha value is -3.63. The van der Waals surface area contributed by atoms with Gasteiger partial charge in [-0.1, -0.05) is 23.7 Å². The molecule has 2 aromatic heterocycles. The first-order valence-electron chi connectivity index (χ1n) is 10.8. The van der Waals surface area contributed by atoms with Crippen molar-refractivity contribution in [3.8, 4) is 11.6 Å². The molecule has 0 amide bonds. The number of sulfonamides is 1. The topological polar surface area (TPSA) is 107 Å². The monoisotopic (exact) mass is 511 g/mol. The molecule has 0 unspecified atom stereocenters. The molecular weight excluding hydrogens is 490 g/mol. The van der Waals surface area contributed by atoms with Crippen LogP contribution in [0.25, 0.3) is 11.2 Å². The van der Waals surface area contributed by atoms with Gasteiger partial charge in [-0.3, -0.25) is 4.72 Å². The normalized spacial score (nSPS) is 13.3. The zero-order valence-corrected chi connectivity index (χ0v) is 20.6. The van der Waals surface area contributed by atoms with Gasteiger partial charge in [0.2, 0.25) is 5.82 Å². The van der Waals surface area contributed by atoms with E-state index in [0.717, 1.165) is 23.5 Å². The molecule has 1 aliphatic heterocycles. The number of pyridine rings is 1. The summed E-state index contributed by atoms with van der Waals surface area (Å²) in [5.41, 5.74) is 3.02. The molecule has 3 heterocycles. The minimum absolute atomic E-state index is 0.00946. The number of hydrogen-bond acceptors (Lipinski definition) is 8. The highest BCUT2D eigenvalue weighted by Crippen LogP contribution is 2.33. The third-order valence-corrected chi connectivity index (χ3v) is 7.54. The summed E-state index contributed by atoms with van der Waals surface area (Å²) >= 11 is 6.14. The molecule has 9 nitrogen and oxygen atoms in total. The molecule has 1 N–H and O–H groups in total. The van der Waals surface area contributed by atoms with Crippen molar-refractivity contribution < 1.29 is 17.9 Å². The molecular formula is C24H22ClN5O4S. The van der Waals surface area contributed by atoms with Crippen LogP contribution in [0.3, 0.4) is 0 Å². The second-order valence-corrected chi connectivity index (χ2v) is 10.1. The van der Waals surface area contributed by atoms with Gasteiger partial charge in [0.25, 0.3) is 15.9 Å². The fourth-order valence-corrected chi connectivity index (χ4v) is 5.25. The Morgan fingerprint density at radius 3 is 2.89 bits per heavy atom. The maximum Gasteiger partial charge on any atom is 0.263 e. The van der Waals surface area contributed by atoms with Crippen molar-refractivity contribution in [2.75, 3.05) is 29.8 Å². The van der Waals surface area contributed by atoms with Crippen LogP contribution in [-0.2, 0) is 16.6 Å². The molecule has 0 radical (unpaired) electrons. The molecule has 0 atom stereocenters. The average molecular weight is 512 g/mol. The third kappa shape index (κ3) is 4.67. The number of rotatable bonds is 6. The maximum atomic E-state index is 13.2. The fourth-order valence-electron chi connectivity index (χ4n) is 3.75. The van der Waals surface area contributed by atoms with Gasteiger partial charge in [0.15, 0.2) is 5.65 Å². The van der Waals surface area contributed by atoms with Gasteiger partial charge in [-0.15, -0.1) is 0 Å². The summed E-state index contributed by atoms with van der Waals surface area (Å²) in [5, 5.41) is 0.346. The minimum atomic E-state index is -4.02. The van der Waals surface area contributed by atoms with E-state index < -0.39 is 10.0 Å². The molecule has 0 saturated heterocycles. The van der Waals surface area contributed by atoms with Crippen LogP contribution < -0.4 is 19.1 Å². The maximum absolute atomic E-state index is 13.2. The molecule has 5 rings (SSSR count). The number of nitrogens with one attached hydrogen (secondary N) is 1. The number of hydrogen-bond donors (Lipinski definition) is 1. The first-order valence-corrected chi connectivity index (χ1v) is 12.7. The zero-order chi connectivity index (χ0) is 24.6. The van der Waals surface area contributed by atoms with Crippen molar-refractivity contribution in [2.24, 2.45) is 0 Å². The van der Waals surface area contributed by atoms with Gasteiger partial charge < -0.3 is 14.4 Å². The number of ether oxygens (including phenoxy) is 2. The fraction of sp³-hybridized carbons (Fsp3) is 0.208. The lowest BCUT2D eigenvalue weighted by molar-refractivity contribution is 0.290. The van der Waals surface area contributed by atoms with Gasteiger partial charge in [-0.2, -0.15) is 4.98 Å². The van der Waals surface area contributed by atoms with Crippen molar-refractivity contribution in [1.82, 2.24) is 15.0 Å². The summed E-state index contributed by atoms with van der Waals surface area (Å²) in [6, 6.07) is 13.9. The number of halogens is 1. The average Bonchev–Trinajstić information content (AvgIpc) is 2.84. The summed E-state index contributed by atoms with van der Waals surface area (Å²) < 4.78 is 40.6. The molecule has 0 spiro atoms. The summed E-state index contributed by atoms with van der Waals surface area (Å²) in [7, 11) is -2.01. The van der Waals surface area contributed by atoms with E-state index in [1.807, 2.05) is 25.2 Å². The zero-order valence-electron chi connectivity index (χ0n) is 19.0. The Bertz CT molecular complexity index is 1530. The first-order chi connectivity index (χ1) is 16.8. The van der Waals surface area contributed by atoms with Crippen molar-refractivity contribution in [3.05, 3.63) is 70.9 Å². The van der Waals surface area contributed by atoms with E-state index in [0.29, 0.717) is 28.4 Å².